The molecule has 23 heavy (non-hydrogen) atoms. The number of para-hydroxylation sites is 1. The molecule has 6 heteroatoms. The lowest BCUT2D eigenvalue weighted by Gasteiger charge is -2.10. The summed E-state index contributed by atoms with van der Waals surface area (Å²) in [7, 11) is 0. The molecule has 0 bridgehead atoms. The summed E-state index contributed by atoms with van der Waals surface area (Å²) in [5.41, 5.74) is 2.71. The number of ether oxygens (including phenoxy) is 1. The maximum absolute atomic E-state index is 10.8. The molecule has 2 aromatic heterocycles. The van der Waals surface area contributed by atoms with Gasteiger partial charge in [-0.25, -0.2) is 4.98 Å². The number of nitrogens with zero attached hydrogens (tertiary/aromatic N) is 3. The number of pyridine rings is 1. The van der Waals surface area contributed by atoms with Crippen LogP contribution in [0.4, 0.5) is 0 Å². The lowest BCUT2D eigenvalue weighted by Crippen LogP contribution is -2.08. The highest BCUT2D eigenvalue weighted by atomic mass is 16.5. The molecular formula is C17H19N3O3. The predicted molar refractivity (Wildman–Crippen MR) is 87.2 cm³/mol. The average Bonchev–Trinajstić information content (AvgIpc) is 2.91. The first-order chi connectivity index (χ1) is 11.2. The number of carbonyl (C=O) groups is 1. The number of hydrogen-bond acceptors (Lipinski definition) is 4. The zero-order chi connectivity index (χ0) is 16.2. The van der Waals surface area contributed by atoms with Crippen LogP contribution in [0.25, 0.3) is 21.9 Å². The van der Waals surface area contributed by atoms with Crippen LogP contribution in [-0.4, -0.2) is 32.2 Å². The van der Waals surface area contributed by atoms with Gasteiger partial charge in [0.25, 0.3) is 0 Å². The molecule has 6 nitrogen and oxygen atoms in total. The molecule has 2 heterocycles. The molecule has 0 amide bonds. The molecule has 0 spiro atoms. The third-order valence-corrected chi connectivity index (χ3v) is 3.77. The van der Waals surface area contributed by atoms with E-state index >= 15 is 0 Å². The highest BCUT2D eigenvalue weighted by Crippen LogP contribution is 2.25. The van der Waals surface area contributed by atoms with Crippen LogP contribution < -0.4 is 0 Å². The lowest BCUT2D eigenvalue weighted by atomic mass is 10.2. The maximum Gasteiger partial charge on any atom is 0.303 e. The Bertz CT molecular complexity index is 842. The minimum Gasteiger partial charge on any atom is -0.481 e. The highest BCUT2D eigenvalue weighted by molar-refractivity contribution is 6.02. The molecule has 3 aromatic rings. The Kier molecular flexibility index (Phi) is 4.52. The van der Waals surface area contributed by atoms with E-state index < -0.39 is 5.97 Å². The van der Waals surface area contributed by atoms with E-state index in [-0.39, 0.29) is 6.42 Å². The molecule has 0 aliphatic rings. The summed E-state index contributed by atoms with van der Waals surface area (Å²) in [4.78, 5) is 19.9. The Morgan fingerprint density at radius 2 is 2.13 bits per heavy atom. The van der Waals surface area contributed by atoms with Crippen LogP contribution in [0.3, 0.4) is 0 Å². The second-order valence-electron chi connectivity index (χ2n) is 5.32. The van der Waals surface area contributed by atoms with Crippen LogP contribution >= 0.6 is 0 Å². The minimum absolute atomic E-state index is 0.136. The van der Waals surface area contributed by atoms with Gasteiger partial charge < -0.3 is 14.4 Å². The molecule has 0 fully saturated rings. The average molecular weight is 313 g/mol. The molecular weight excluding hydrogens is 294 g/mol. The van der Waals surface area contributed by atoms with E-state index in [2.05, 4.69) is 14.5 Å². The third kappa shape index (κ3) is 3.17. The molecule has 0 aliphatic carbocycles. The number of imidazole rings is 1. The van der Waals surface area contributed by atoms with Crippen molar-refractivity contribution in [3.05, 3.63) is 36.3 Å². The Morgan fingerprint density at radius 3 is 2.91 bits per heavy atom. The molecule has 0 radical (unpaired) electrons. The van der Waals surface area contributed by atoms with Crippen LogP contribution in [0.15, 0.2) is 30.5 Å². The summed E-state index contributed by atoms with van der Waals surface area (Å²) < 4.78 is 7.58. The minimum atomic E-state index is -0.785. The lowest BCUT2D eigenvalue weighted by molar-refractivity contribution is -0.137. The largest absolute Gasteiger partial charge is 0.481 e. The zero-order valence-corrected chi connectivity index (χ0v) is 13.0. The quantitative estimate of drug-likeness (QED) is 0.725. The van der Waals surface area contributed by atoms with Crippen molar-refractivity contribution in [1.29, 1.82) is 0 Å². The Hall–Kier alpha value is -2.47. The first-order valence-corrected chi connectivity index (χ1v) is 7.73. The van der Waals surface area contributed by atoms with E-state index in [4.69, 9.17) is 9.84 Å². The molecule has 0 atom stereocenters. The van der Waals surface area contributed by atoms with E-state index in [1.165, 1.54) is 0 Å². The van der Waals surface area contributed by atoms with Gasteiger partial charge in [0, 0.05) is 25.0 Å². The highest BCUT2D eigenvalue weighted by Gasteiger charge is 2.14. The van der Waals surface area contributed by atoms with Crippen LogP contribution in [0.2, 0.25) is 0 Å². The Labute approximate surface area is 133 Å². The number of hydrogen-bond donors (Lipinski definition) is 1. The summed E-state index contributed by atoms with van der Waals surface area (Å²) in [6.45, 7) is 3.55. The zero-order valence-electron chi connectivity index (χ0n) is 13.0. The molecule has 0 unspecified atom stereocenters. The van der Waals surface area contributed by atoms with E-state index in [9.17, 15) is 4.79 Å². The van der Waals surface area contributed by atoms with Crippen molar-refractivity contribution >= 4 is 27.9 Å². The third-order valence-electron chi connectivity index (χ3n) is 3.77. The molecule has 3 rings (SSSR count). The SMILES string of the molecule is CCOCc1nc2cnc3ccccc3c2n1CCCC(=O)O. The van der Waals surface area contributed by atoms with E-state index in [0.717, 1.165) is 27.8 Å². The standard InChI is InChI=1S/C17H19N3O3/c1-2-23-11-15-19-14-10-18-13-7-4-3-6-12(13)17(14)20(15)9-5-8-16(21)22/h3-4,6-7,10H,2,5,8-9,11H2,1H3,(H,21,22). The van der Waals surface area contributed by atoms with Gasteiger partial charge in [-0.3, -0.25) is 9.78 Å². The molecule has 0 saturated heterocycles. The number of aromatic nitrogens is 3. The fraction of sp³-hybridized carbons (Fsp3) is 0.353. The summed E-state index contributed by atoms with van der Waals surface area (Å²) in [6, 6.07) is 7.91. The van der Waals surface area contributed by atoms with Crippen LogP contribution in [-0.2, 0) is 22.7 Å². The molecule has 0 aliphatic heterocycles. The number of carboxylic acids is 1. The van der Waals surface area contributed by atoms with Gasteiger partial charge >= 0.3 is 5.97 Å². The summed E-state index contributed by atoms with van der Waals surface area (Å²) in [5.74, 6) is 0.0256. The van der Waals surface area contributed by atoms with Crippen LogP contribution in [0, 0.1) is 0 Å². The Morgan fingerprint density at radius 1 is 1.30 bits per heavy atom. The van der Waals surface area contributed by atoms with Crippen LogP contribution in [0.1, 0.15) is 25.6 Å². The van der Waals surface area contributed by atoms with Gasteiger partial charge in [-0.15, -0.1) is 0 Å². The number of benzene rings is 1. The molecule has 0 saturated carbocycles. The van der Waals surface area contributed by atoms with Crippen LogP contribution in [0.5, 0.6) is 0 Å². The van der Waals surface area contributed by atoms with Gasteiger partial charge in [-0.1, -0.05) is 18.2 Å². The second-order valence-corrected chi connectivity index (χ2v) is 5.32. The fourth-order valence-electron chi connectivity index (χ4n) is 2.74. The van der Waals surface area contributed by atoms with E-state index in [0.29, 0.717) is 26.2 Å². The van der Waals surface area contributed by atoms with E-state index in [1.54, 1.807) is 6.20 Å². The van der Waals surface area contributed by atoms with Gasteiger partial charge in [0.2, 0.25) is 0 Å². The number of rotatable bonds is 7. The number of fused-ring (bicyclic) bond motifs is 3. The van der Waals surface area contributed by atoms with Gasteiger partial charge in [-0.2, -0.15) is 0 Å². The monoisotopic (exact) mass is 313 g/mol. The van der Waals surface area contributed by atoms with Crippen molar-refractivity contribution < 1.29 is 14.6 Å². The van der Waals surface area contributed by atoms with Crippen molar-refractivity contribution in [2.45, 2.75) is 32.9 Å². The number of carboxylic acid groups (broad SMARTS) is 1. The number of aryl methyl sites for hydroxylation is 1. The maximum atomic E-state index is 10.8. The second kappa shape index (κ2) is 6.75. The fourth-order valence-corrected chi connectivity index (χ4v) is 2.74. The first-order valence-electron chi connectivity index (χ1n) is 7.73. The van der Waals surface area contributed by atoms with Crippen molar-refractivity contribution in [2.24, 2.45) is 0 Å². The molecule has 120 valence electrons. The van der Waals surface area contributed by atoms with Crippen molar-refractivity contribution in [3.63, 3.8) is 0 Å². The van der Waals surface area contributed by atoms with Gasteiger partial charge in [0.05, 0.1) is 17.2 Å². The summed E-state index contributed by atoms with van der Waals surface area (Å²) in [6.07, 6.45) is 2.45. The first kappa shape index (κ1) is 15.4. The molecule has 1 N–H and O–H groups in total. The summed E-state index contributed by atoms with van der Waals surface area (Å²) in [5, 5.41) is 9.90. The van der Waals surface area contributed by atoms with Crippen molar-refractivity contribution in [1.82, 2.24) is 14.5 Å². The number of aliphatic carboxylic acids is 1. The van der Waals surface area contributed by atoms with Gasteiger partial charge in [0.15, 0.2) is 0 Å². The van der Waals surface area contributed by atoms with Crippen molar-refractivity contribution in [3.8, 4) is 0 Å². The smallest absolute Gasteiger partial charge is 0.303 e. The van der Waals surface area contributed by atoms with Gasteiger partial charge in [0.1, 0.15) is 17.9 Å². The topological polar surface area (TPSA) is 77.2 Å². The van der Waals surface area contributed by atoms with Gasteiger partial charge in [-0.05, 0) is 19.4 Å². The normalized spacial score (nSPS) is 11.3. The predicted octanol–water partition coefficient (Wildman–Crippen LogP) is 2.99. The Balaban J connectivity index is 2.09. The summed E-state index contributed by atoms with van der Waals surface area (Å²) >= 11 is 0. The van der Waals surface area contributed by atoms with E-state index in [1.807, 2.05) is 31.2 Å². The molecule has 1 aromatic carbocycles. The van der Waals surface area contributed by atoms with Crippen molar-refractivity contribution in [2.75, 3.05) is 6.61 Å².